The van der Waals surface area contributed by atoms with Gasteiger partial charge in [-0.25, -0.2) is 0 Å². The molecule has 0 radical (unpaired) electrons. The molecule has 0 aromatic rings. The van der Waals surface area contributed by atoms with Crippen molar-refractivity contribution >= 4 is 130 Å². The van der Waals surface area contributed by atoms with E-state index in [4.69, 9.17) is 105 Å². The van der Waals surface area contributed by atoms with E-state index < -0.39 is 43.1 Å². The molecule has 34 heavy (non-hydrogen) atoms. The first-order chi connectivity index (χ1) is 12.1. The van der Waals surface area contributed by atoms with Crippen LogP contribution in [0.1, 0.15) is 0 Å². The Labute approximate surface area is 327 Å². The van der Waals surface area contributed by atoms with Crippen LogP contribution in [-0.2, 0) is 32.7 Å². The summed E-state index contributed by atoms with van der Waals surface area (Å²) in [7, 11) is 0. The Morgan fingerprint density at radius 2 is 0.353 bits per heavy atom. The van der Waals surface area contributed by atoms with E-state index in [1.54, 1.807) is 0 Å². The summed E-state index contributed by atoms with van der Waals surface area (Å²) in [6.07, 6.45) is -16.3. The Balaban J connectivity index is -0.0000000134. The monoisotopic (exact) mass is 966 g/mol. The molecule has 0 aliphatic rings. The summed E-state index contributed by atoms with van der Waals surface area (Å²) in [5.74, 6) is 0. The third-order valence-electron chi connectivity index (χ3n) is 0. The Hall–Kier alpha value is 0.837. The fourth-order valence-electron chi connectivity index (χ4n) is 0. The molecule has 0 saturated carbocycles. The minimum Gasteiger partial charge on any atom is -0.652 e. The second-order valence-corrected chi connectivity index (χ2v) is 1.75. The normalized spacial score (nSPS) is 4.94. The average Bonchev–Trinajstić information content (AvgIpc) is 2.20. The van der Waals surface area contributed by atoms with Crippen molar-refractivity contribution in [2.75, 3.05) is 0 Å². The quantitative estimate of drug-likeness (QED) is 0.203. The topological polar surface area (TPSA) is 474 Å². The van der Waals surface area contributed by atoms with Crippen LogP contribution < -0.4 is 101 Å². The van der Waals surface area contributed by atoms with Crippen molar-refractivity contribution in [1.29, 1.82) is 0 Å². The zero-order valence-corrected chi connectivity index (χ0v) is 31.7. The zero-order chi connectivity index (χ0) is 25.0. The van der Waals surface area contributed by atoms with Gasteiger partial charge in [-0.2, -0.15) is 0 Å². The van der Waals surface area contributed by atoms with Gasteiger partial charge in [-0.05, 0) is 43.1 Å². The number of carbonyl (C=O) groups excluding carboxylic acids is 7. The third kappa shape index (κ3) is 47500. The molecule has 0 heterocycles. The van der Waals surface area contributed by atoms with Crippen LogP contribution in [0.15, 0.2) is 0 Å². The van der Waals surface area contributed by atoms with Crippen molar-refractivity contribution in [1.82, 2.24) is 0 Å². The molecule has 0 fully saturated rings. The predicted molar refractivity (Wildman–Crippen MR) is 52.9 cm³/mol. The van der Waals surface area contributed by atoms with E-state index in [2.05, 4.69) is 0 Å². The van der Waals surface area contributed by atoms with Gasteiger partial charge in [-0.15, -0.1) is 0 Å². The molecule has 0 atom stereocenters. The summed E-state index contributed by atoms with van der Waals surface area (Å²) >= 11 is 0. The molecular formula is C7H2BaCaNaO22UY. The maximum Gasteiger partial charge on any atom is 6.00 e. The Morgan fingerprint density at radius 1 is 0.353 bits per heavy atom. The van der Waals surface area contributed by atoms with E-state index >= 15 is 0 Å². The minimum absolute atomic E-state index is 0. The van der Waals surface area contributed by atoms with E-state index in [0.29, 0.717) is 0 Å². The van der Waals surface area contributed by atoms with Crippen LogP contribution in [-0.4, -0.2) is 135 Å². The average molecular weight is 965 g/mol. The van der Waals surface area contributed by atoms with Crippen LogP contribution >= 0.6 is 0 Å². The molecule has 0 saturated heterocycles. The van der Waals surface area contributed by atoms with E-state index in [-0.39, 0.29) is 185 Å². The van der Waals surface area contributed by atoms with Crippen molar-refractivity contribution in [2.24, 2.45) is 0 Å². The van der Waals surface area contributed by atoms with Crippen molar-refractivity contribution in [3.05, 3.63) is 0 Å². The molecule has 0 aromatic carbocycles. The van der Waals surface area contributed by atoms with Crippen LogP contribution in [0, 0.1) is 31.1 Å². The van der Waals surface area contributed by atoms with Gasteiger partial charge in [-0.3, -0.25) is 0 Å². The molecule has 0 spiro atoms. The van der Waals surface area contributed by atoms with Crippen LogP contribution in [0.4, 0.5) is 33.6 Å². The van der Waals surface area contributed by atoms with Gasteiger partial charge < -0.3 is 111 Å². The van der Waals surface area contributed by atoms with E-state index in [0.717, 1.165) is 0 Å². The molecule has 2 N–H and O–H groups in total. The SMILES string of the molecule is O.O=C([O-])[O-].O=C([O-])[O-].O=C([O-])[O-].O=C([O-])[O-].O=C([O-])[O-].O=C([O-])[O-].O=C([O-])[O-].[Ba+2].[Ca+2].[Na+].[U+6].[Y+3]. The zero-order valence-electron chi connectivity index (χ0n) is 16.1. The van der Waals surface area contributed by atoms with Gasteiger partial charge in [0.05, 0.1) is 0 Å². The molecule has 0 aliphatic heterocycles. The second kappa shape index (κ2) is 76.5. The van der Waals surface area contributed by atoms with Gasteiger partial charge in [0, 0.05) is 0 Å². The van der Waals surface area contributed by atoms with Gasteiger partial charge in [-0.1, -0.05) is 0 Å². The number of hydrogen-bond acceptors (Lipinski definition) is 21. The van der Waals surface area contributed by atoms with Gasteiger partial charge >= 0.3 is 180 Å². The van der Waals surface area contributed by atoms with Crippen LogP contribution in [0.25, 0.3) is 0 Å². The van der Waals surface area contributed by atoms with Crippen molar-refractivity contribution < 1.29 is 204 Å². The number of rotatable bonds is 0. The van der Waals surface area contributed by atoms with Crippen molar-refractivity contribution in [2.45, 2.75) is 0 Å². The van der Waals surface area contributed by atoms with Crippen molar-refractivity contribution in [3.63, 3.8) is 0 Å². The van der Waals surface area contributed by atoms with E-state index in [1.165, 1.54) is 0 Å². The Morgan fingerprint density at radius 3 is 0.353 bits per heavy atom. The molecule has 27 heteroatoms. The van der Waals surface area contributed by atoms with E-state index in [9.17, 15) is 0 Å². The molecule has 0 amide bonds. The largest absolute Gasteiger partial charge is 6.00 e. The molecule has 0 bridgehead atoms. The molecule has 0 aromatic heterocycles. The predicted octanol–water partition coefficient (Wildman–Crippen LogP) is -21.7. The molecular weight excluding hydrogens is 963 g/mol. The fourth-order valence-corrected chi connectivity index (χ4v) is 0. The molecule has 0 unspecified atom stereocenters. The standard InChI is InChI=1S/7CH2O3.Ba.Ca.Na.H2O.U.Y/c7*2-1(3)4;;;;;;/h7*(H2,2,3,4);;;;1H2;;/q;;;;;;;2*+2;+1;;+6;+3/p-14. The van der Waals surface area contributed by atoms with Crippen LogP contribution in [0.2, 0.25) is 0 Å². The summed E-state index contributed by atoms with van der Waals surface area (Å²) in [4.78, 5) is 58.3. The fraction of sp³-hybridized carbons (Fsp3) is 0. The Kier molecular flexibility index (Phi) is 188. The van der Waals surface area contributed by atoms with Crippen molar-refractivity contribution in [3.8, 4) is 0 Å². The summed E-state index contributed by atoms with van der Waals surface area (Å²) in [5, 5.41) is 117. The first kappa shape index (κ1) is 83.6. The first-order valence-corrected chi connectivity index (χ1v) is 4.29. The molecule has 174 valence electrons. The summed E-state index contributed by atoms with van der Waals surface area (Å²) < 4.78 is 0. The van der Waals surface area contributed by atoms with Crippen LogP contribution in [0.3, 0.4) is 0 Å². The minimum atomic E-state index is -2.33. The second-order valence-electron chi connectivity index (χ2n) is 1.75. The summed E-state index contributed by atoms with van der Waals surface area (Å²) in [5.41, 5.74) is 0. The van der Waals surface area contributed by atoms with Gasteiger partial charge in [0.25, 0.3) is 0 Å². The van der Waals surface area contributed by atoms with E-state index in [1.807, 2.05) is 0 Å². The van der Waals surface area contributed by atoms with Gasteiger partial charge in [0.2, 0.25) is 0 Å². The maximum absolute atomic E-state index is 8.33. The maximum atomic E-state index is 8.33. The number of carboxylic acid groups (broad SMARTS) is 14. The Bertz CT molecular complexity index is 334. The summed E-state index contributed by atoms with van der Waals surface area (Å²) in [6, 6.07) is 0. The number of carbonyl (C=O) groups is 7. The van der Waals surface area contributed by atoms with Crippen LogP contribution in [0.5, 0.6) is 0 Å². The van der Waals surface area contributed by atoms with Gasteiger partial charge in [0.1, 0.15) is 0 Å². The smallest absolute Gasteiger partial charge is 0.652 e. The third-order valence-corrected chi connectivity index (χ3v) is 0. The molecule has 0 aliphatic carbocycles. The molecule has 22 nitrogen and oxygen atoms in total. The van der Waals surface area contributed by atoms with Gasteiger partial charge in [0.15, 0.2) is 0 Å². The summed E-state index contributed by atoms with van der Waals surface area (Å²) in [6.45, 7) is 0. The number of hydrogen-bond donors (Lipinski definition) is 0. The first-order valence-electron chi connectivity index (χ1n) is 4.29. The molecule has 0 rings (SSSR count).